The molecule has 126 valence electrons. The second kappa shape index (κ2) is 6.56. The number of aryl methyl sites for hydroxylation is 2. The summed E-state index contributed by atoms with van der Waals surface area (Å²) >= 11 is 1.18. The molecule has 0 spiro atoms. The zero-order valence-electron chi connectivity index (χ0n) is 13.4. The van der Waals surface area contributed by atoms with E-state index in [9.17, 15) is 14.4 Å². The molecule has 2 heterocycles. The third-order valence-corrected chi connectivity index (χ3v) is 4.92. The fraction of sp³-hybridized carbons (Fsp3) is 0.375. The number of carbonyl (C=O) groups excluding carboxylic acids is 2. The summed E-state index contributed by atoms with van der Waals surface area (Å²) in [7, 11) is 1.28. The first kappa shape index (κ1) is 16.4. The van der Waals surface area contributed by atoms with E-state index in [2.05, 4.69) is 15.2 Å². The Bertz CT molecular complexity index is 855. The molecular weight excluding hydrogens is 330 g/mol. The first-order valence-electron chi connectivity index (χ1n) is 7.59. The Hall–Kier alpha value is -2.48. The molecule has 0 aliphatic heterocycles. The molecule has 1 unspecified atom stereocenters. The number of ether oxygens (including phenoxy) is 1. The van der Waals surface area contributed by atoms with Gasteiger partial charge in [-0.1, -0.05) is 0 Å². The van der Waals surface area contributed by atoms with Crippen LogP contribution in [0.1, 0.15) is 40.3 Å². The molecule has 1 aliphatic rings. The van der Waals surface area contributed by atoms with Crippen LogP contribution in [0.2, 0.25) is 0 Å². The number of anilines is 1. The van der Waals surface area contributed by atoms with Crippen molar-refractivity contribution in [1.82, 2.24) is 9.78 Å². The van der Waals surface area contributed by atoms with Gasteiger partial charge in [-0.2, -0.15) is 5.10 Å². The minimum atomic E-state index is -0.784. The molecule has 0 bridgehead atoms. The predicted molar refractivity (Wildman–Crippen MR) is 89.5 cm³/mol. The zero-order valence-corrected chi connectivity index (χ0v) is 14.2. The lowest BCUT2D eigenvalue weighted by molar-refractivity contribution is -0.119. The standard InChI is InChI=1S/C16H17N3O4S/c1-9(19-13(20)8-10-4-3-5-11(10)18-19)15(21)17-12-6-7-24-14(12)16(22)23-2/h6-9H,3-5H2,1-2H3,(H,17,21). The normalized spacial score (nSPS) is 14.1. The SMILES string of the molecule is COC(=O)c1sccc1NC(=O)C(C)n1nc2c(cc1=O)CCC2. The van der Waals surface area contributed by atoms with Gasteiger partial charge in [-0.25, -0.2) is 9.48 Å². The third kappa shape index (κ3) is 2.96. The van der Waals surface area contributed by atoms with E-state index in [1.807, 2.05) is 0 Å². The number of nitrogens with one attached hydrogen (secondary N) is 1. The van der Waals surface area contributed by atoms with Gasteiger partial charge in [0, 0.05) is 6.07 Å². The number of esters is 1. The summed E-state index contributed by atoms with van der Waals surface area (Å²) in [5, 5.41) is 8.69. The summed E-state index contributed by atoms with van der Waals surface area (Å²) in [5.74, 6) is -0.924. The summed E-state index contributed by atoms with van der Waals surface area (Å²) in [6.45, 7) is 1.61. The van der Waals surface area contributed by atoms with Crippen LogP contribution >= 0.6 is 11.3 Å². The first-order valence-corrected chi connectivity index (χ1v) is 8.47. The van der Waals surface area contributed by atoms with E-state index in [0.29, 0.717) is 10.6 Å². The molecule has 1 N–H and O–H groups in total. The highest BCUT2D eigenvalue weighted by Crippen LogP contribution is 2.24. The maximum atomic E-state index is 12.5. The van der Waals surface area contributed by atoms with E-state index in [1.165, 1.54) is 23.1 Å². The zero-order chi connectivity index (χ0) is 17.3. The van der Waals surface area contributed by atoms with Crippen LogP contribution in [0.15, 0.2) is 22.3 Å². The van der Waals surface area contributed by atoms with Crippen molar-refractivity contribution in [3.63, 3.8) is 0 Å². The maximum absolute atomic E-state index is 12.5. The number of methoxy groups -OCH3 is 1. The summed E-state index contributed by atoms with van der Waals surface area (Å²) in [6, 6.07) is 2.40. The van der Waals surface area contributed by atoms with Crippen molar-refractivity contribution in [3.05, 3.63) is 44.0 Å². The highest BCUT2D eigenvalue weighted by molar-refractivity contribution is 7.12. The third-order valence-electron chi connectivity index (χ3n) is 4.02. The van der Waals surface area contributed by atoms with Gasteiger partial charge in [0.2, 0.25) is 5.91 Å². The van der Waals surface area contributed by atoms with Crippen molar-refractivity contribution in [2.24, 2.45) is 0 Å². The molecule has 24 heavy (non-hydrogen) atoms. The molecule has 1 amide bonds. The Balaban J connectivity index is 1.82. The molecule has 0 fully saturated rings. The predicted octanol–water partition coefficient (Wildman–Crippen LogP) is 1.78. The van der Waals surface area contributed by atoms with E-state index < -0.39 is 17.9 Å². The van der Waals surface area contributed by atoms with Crippen molar-refractivity contribution in [1.29, 1.82) is 0 Å². The Labute approximate surface area is 142 Å². The van der Waals surface area contributed by atoms with E-state index >= 15 is 0 Å². The van der Waals surface area contributed by atoms with Gasteiger partial charge in [-0.15, -0.1) is 11.3 Å². The lowest BCUT2D eigenvalue weighted by Crippen LogP contribution is -2.34. The molecule has 1 atom stereocenters. The molecule has 1 aliphatic carbocycles. The van der Waals surface area contributed by atoms with Crippen LogP contribution in [0.25, 0.3) is 0 Å². The minimum absolute atomic E-state index is 0.295. The van der Waals surface area contributed by atoms with Gasteiger partial charge in [0.25, 0.3) is 5.56 Å². The Morgan fingerprint density at radius 3 is 2.96 bits per heavy atom. The number of aromatic nitrogens is 2. The summed E-state index contributed by atoms with van der Waals surface area (Å²) in [6.07, 6.45) is 2.65. The van der Waals surface area contributed by atoms with Crippen LogP contribution in [0.3, 0.4) is 0 Å². The van der Waals surface area contributed by atoms with Crippen LogP contribution in [0.4, 0.5) is 5.69 Å². The van der Waals surface area contributed by atoms with Crippen molar-refractivity contribution in [2.45, 2.75) is 32.2 Å². The Morgan fingerprint density at radius 2 is 2.21 bits per heavy atom. The van der Waals surface area contributed by atoms with E-state index in [0.717, 1.165) is 30.5 Å². The second-order valence-corrected chi connectivity index (χ2v) is 6.49. The van der Waals surface area contributed by atoms with Crippen LogP contribution in [0, 0.1) is 0 Å². The van der Waals surface area contributed by atoms with Gasteiger partial charge < -0.3 is 10.1 Å². The van der Waals surface area contributed by atoms with E-state index in [4.69, 9.17) is 0 Å². The molecule has 8 heteroatoms. The quantitative estimate of drug-likeness (QED) is 0.852. The molecule has 7 nitrogen and oxygen atoms in total. The number of nitrogens with zero attached hydrogens (tertiary/aromatic N) is 2. The lowest BCUT2D eigenvalue weighted by atomic mass is 10.2. The number of hydrogen-bond donors (Lipinski definition) is 1. The van der Waals surface area contributed by atoms with Crippen LogP contribution in [-0.4, -0.2) is 28.8 Å². The number of thiophene rings is 1. The number of amides is 1. The van der Waals surface area contributed by atoms with Gasteiger partial charge in [0.15, 0.2) is 0 Å². The average Bonchev–Trinajstić information content (AvgIpc) is 3.21. The Kier molecular flexibility index (Phi) is 4.48. The fourth-order valence-electron chi connectivity index (χ4n) is 2.70. The maximum Gasteiger partial charge on any atom is 0.350 e. The minimum Gasteiger partial charge on any atom is -0.465 e. The lowest BCUT2D eigenvalue weighted by Gasteiger charge is -2.15. The van der Waals surface area contributed by atoms with Gasteiger partial charge in [-0.05, 0) is 43.2 Å². The van der Waals surface area contributed by atoms with Gasteiger partial charge in [0.1, 0.15) is 10.9 Å². The van der Waals surface area contributed by atoms with Crippen LogP contribution in [-0.2, 0) is 22.4 Å². The largest absolute Gasteiger partial charge is 0.465 e. The number of hydrogen-bond acceptors (Lipinski definition) is 6. The molecule has 0 saturated heterocycles. The monoisotopic (exact) mass is 347 g/mol. The topological polar surface area (TPSA) is 90.3 Å². The smallest absolute Gasteiger partial charge is 0.350 e. The highest BCUT2D eigenvalue weighted by Gasteiger charge is 2.23. The molecule has 0 radical (unpaired) electrons. The highest BCUT2D eigenvalue weighted by atomic mass is 32.1. The van der Waals surface area contributed by atoms with Crippen LogP contribution in [0.5, 0.6) is 0 Å². The van der Waals surface area contributed by atoms with Gasteiger partial charge >= 0.3 is 5.97 Å². The molecule has 2 aromatic heterocycles. The van der Waals surface area contributed by atoms with Gasteiger partial charge in [0.05, 0.1) is 18.5 Å². The summed E-state index contributed by atoms with van der Waals surface area (Å²) in [5.41, 5.74) is 1.92. The fourth-order valence-corrected chi connectivity index (χ4v) is 3.47. The van der Waals surface area contributed by atoms with E-state index in [1.54, 1.807) is 24.4 Å². The second-order valence-electron chi connectivity index (χ2n) is 5.57. The molecular formula is C16H17N3O4S. The van der Waals surface area contributed by atoms with Crippen LogP contribution < -0.4 is 10.9 Å². The molecule has 2 aromatic rings. The molecule has 0 aromatic carbocycles. The first-order chi connectivity index (χ1) is 11.5. The number of carbonyl (C=O) groups is 2. The molecule has 3 rings (SSSR count). The van der Waals surface area contributed by atoms with Crippen molar-refractivity contribution in [2.75, 3.05) is 12.4 Å². The molecule has 0 saturated carbocycles. The van der Waals surface area contributed by atoms with E-state index in [-0.39, 0.29) is 5.56 Å². The van der Waals surface area contributed by atoms with Crippen molar-refractivity contribution < 1.29 is 14.3 Å². The summed E-state index contributed by atoms with van der Waals surface area (Å²) in [4.78, 5) is 36.6. The Morgan fingerprint density at radius 1 is 1.42 bits per heavy atom. The number of rotatable bonds is 4. The number of fused-ring (bicyclic) bond motifs is 1. The average molecular weight is 347 g/mol. The van der Waals surface area contributed by atoms with Gasteiger partial charge in [-0.3, -0.25) is 9.59 Å². The van der Waals surface area contributed by atoms with Crippen molar-refractivity contribution in [3.8, 4) is 0 Å². The summed E-state index contributed by atoms with van der Waals surface area (Å²) < 4.78 is 5.88. The van der Waals surface area contributed by atoms with Crippen molar-refractivity contribution >= 4 is 28.9 Å².